The van der Waals surface area contributed by atoms with Gasteiger partial charge >= 0.3 is 5.97 Å². The molecule has 2 rings (SSSR count). The lowest BCUT2D eigenvalue weighted by Crippen LogP contribution is -2.51. The third-order valence-electron chi connectivity index (χ3n) is 4.60. The molecular formula is C13H23NO2. The van der Waals surface area contributed by atoms with Gasteiger partial charge in [-0.15, -0.1) is 0 Å². The highest BCUT2D eigenvalue weighted by Crippen LogP contribution is 2.44. The predicted octanol–water partition coefficient (Wildman–Crippen LogP) is 2.22. The SMILES string of the molecule is CC(C)C1CN(CCC2(C(=O)O)CCC2)C1. The fourth-order valence-electron chi connectivity index (χ4n) is 2.76. The Balaban J connectivity index is 1.71. The quantitative estimate of drug-likeness (QED) is 0.780. The lowest BCUT2D eigenvalue weighted by atomic mass is 9.66. The van der Waals surface area contributed by atoms with Gasteiger partial charge in [0.2, 0.25) is 0 Å². The number of carbonyl (C=O) groups is 1. The molecule has 1 aliphatic heterocycles. The summed E-state index contributed by atoms with van der Waals surface area (Å²) in [6.07, 6.45) is 3.74. The molecule has 0 radical (unpaired) electrons. The molecule has 2 aliphatic rings. The van der Waals surface area contributed by atoms with Crippen molar-refractivity contribution < 1.29 is 9.90 Å². The summed E-state index contributed by atoms with van der Waals surface area (Å²) in [5.74, 6) is 1.04. The van der Waals surface area contributed by atoms with E-state index in [1.807, 2.05) is 0 Å². The highest BCUT2D eigenvalue weighted by atomic mass is 16.4. The standard InChI is InChI=1S/C13H23NO2/c1-10(2)11-8-14(9-11)7-6-13(12(15)16)4-3-5-13/h10-11H,3-9H2,1-2H3,(H,15,16). The summed E-state index contributed by atoms with van der Waals surface area (Å²) in [5.41, 5.74) is -0.358. The van der Waals surface area contributed by atoms with Crippen LogP contribution in [0.25, 0.3) is 0 Å². The molecule has 16 heavy (non-hydrogen) atoms. The first-order valence-corrected chi connectivity index (χ1v) is 6.49. The number of hydrogen-bond acceptors (Lipinski definition) is 2. The Hall–Kier alpha value is -0.570. The maximum atomic E-state index is 11.2. The molecule has 0 amide bonds. The average molecular weight is 225 g/mol. The molecular weight excluding hydrogens is 202 g/mol. The molecule has 0 atom stereocenters. The van der Waals surface area contributed by atoms with Gasteiger partial charge in [0.05, 0.1) is 5.41 Å². The molecule has 0 aromatic heterocycles. The van der Waals surface area contributed by atoms with E-state index < -0.39 is 5.97 Å². The molecule has 1 saturated carbocycles. The molecule has 0 bridgehead atoms. The third-order valence-corrected chi connectivity index (χ3v) is 4.60. The van der Waals surface area contributed by atoms with Crippen molar-refractivity contribution in [3.63, 3.8) is 0 Å². The highest BCUT2D eigenvalue weighted by molar-refractivity contribution is 5.75. The molecule has 0 spiro atoms. The maximum Gasteiger partial charge on any atom is 0.309 e. The lowest BCUT2D eigenvalue weighted by molar-refractivity contribution is -0.155. The zero-order chi connectivity index (χ0) is 11.8. The first-order chi connectivity index (χ1) is 7.53. The van der Waals surface area contributed by atoms with Crippen LogP contribution in [0, 0.1) is 17.3 Å². The van der Waals surface area contributed by atoms with Crippen molar-refractivity contribution in [2.75, 3.05) is 19.6 Å². The van der Waals surface area contributed by atoms with Crippen LogP contribution in [0.15, 0.2) is 0 Å². The fourth-order valence-corrected chi connectivity index (χ4v) is 2.76. The van der Waals surface area contributed by atoms with Gasteiger partial charge in [0, 0.05) is 13.1 Å². The third kappa shape index (κ3) is 2.10. The van der Waals surface area contributed by atoms with E-state index in [1.165, 1.54) is 13.1 Å². The number of carboxylic acid groups (broad SMARTS) is 1. The van der Waals surface area contributed by atoms with Crippen LogP contribution in [-0.4, -0.2) is 35.6 Å². The maximum absolute atomic E-state index is 11.2. The van der Waals surface area contributed by atoms with Crippen molar-refractivity contribution >= 4 is 5.97 Å². The summed E-state index contributed by atoms with van der Waals surface area (Å²) >= 11 is 0. The summed E-state index contributed by atoms with van der Waals surface area (Å²) in [5, 5.41) is 9.21. The van der Waals surface area contributed by atoms with Crippen molar-refractivity contribution in [3.05, 3.63) is 0 Å². The van der Waals surface area contributed by atoms with Gasteiger partial charge in [-0.1, -0.05) is 20.3 Å². The Morgan fingerprint density at radius 3 is 2.44 bits per heavy atom. The zero-order valence-electron chi connectivity index (χ0n) is 10.4. The van der Waals surface area contributed by atoms with Crippen LogP contribution in [0.5, 0.6) is 0 Å². The smallest absolute Gasteiger partial charge is 0.309 e. The van der Waals surface area contributed by atoms with Crippen LogP contribution in [0.3, 0.4) is 0 Å². The molecule has 0 unspecified atom stereocenters. The van der Waals surface area contributed by atoms with Crippen LogP contribution >= 0.6 is 0 Å². The van der Waals surface area contributed by atoms with E-state index in [9.17, 15) is 9.90 Å². The Morgan fingerprint density at radius 1 is 1.44 bits per heavy atom. The van der Waals surface area contributed by atoms with Crippen LogP contribution in [-0.2, 0) is 4.79 Å². The van der Waals surface area contributed by atoms with Crippen molar-refractivity contribution in [2.24, 2.45) is 17.3 Å². The summed E-state index contributed by atoms with van der Waals surface area (Å²) in [6.45, 7) is 7.87. The topological polar surface area (TPSA) is 40.5 Å². The van der Waals surface area contributed by atoms with Crippen LogP contribution in [0.2, 0.25) is 0 Å². The van der Waals surface area contributed by atoms with Crippen LogP contribution in [0.4, 0.5) is 0 Å². The second-order valence-electron chi connectivity index (χ2n) is 5.95. The fraction of sp³-hybridized carbons (Fsp3) is 0.923. The lowest BCUT2D eigenvalue weighted by Gasteiger charge is -2.45. The van der Waals surface area contributed by atoms with Crippen LogP contribution < -0.4 is 0 Å². The first kappa shape index (κ1) is 11.9. The van der Waals surface area contributed by atoms with E-state index in [0.29, 0.717) is 0 Å². The molecule has 1 N–H and O–H groups in total. The Labute approximate surface area is 97.8 Å². The van der Waals surface area contributed by atoms with Crippen LogP contribution in [0.1, 0.15) is 39.5 Å². The van der Waals surface area contributed by atoms with Gasteiger partial charge in [-0.2, -0.15) is 0 Å². The number of carboxylic acids is 1. The number of rotatable bonds is 5. The molecule has 1 aliphatic carbocycles. The first-order valence-electron chi connectivity index (χ1n) is 6.49. The van der Waals surface area contributed by atoms with Crippen molar-refractivity contribution in [1.82, 2.24) is 4.90 Å². The summed E-state index contributed by atoms with van der Waals surface area (Å²) < 4.78 is 0. The molecule has 0 aromatic carbocycles. The van der Waals surface area contributed by atoms with Gasteiger partial charge in [-0.3, -0.25) is 4.79 Å². The summed E-state index contributed by atoms with van der Waals surface area (Å²) in [7, 11) is 0. The number of likely N-dealkylation sites (tertiary alicyclic amines) is 1. The predicted molar refractivity (Wildman–Crippen MR) is 63.3 cm³/mol. The molecule has 1 saturated heterocycles. The summed E-state index contributed by atoms with van der Waals surface area (Å²) in [6, 6.07) is 0. The molecule has 92 valence electrons. The zero-order valence-corrected chi connectivity index (χ0v) is 10.4. The van der Waals surface area contributed by atoms with Crippen molar-refractivity contribution in [2.45, 2.75) is 39.5 Å². The molecule has 0 aromatic rings. The monoisotopic (exact) mass is 225 g/mol. The molecule has 2 fully saturated rings. The van der Waals surface area contributed by atoms with E-state index in [-0.39, 0.29) is 5.41 Å². The van der Waals surface area contributed by atoms with Gasteiger partial charge < -0.3 is 10.0 Å². The molecule has 3 heteroatoms. The minimum Gasteiger partial charge on any atom is -0.481 e. The molecule has 3 nitrogen and oxygen atoms in total. The summed E-state index contributed by atoms with van der Waals surface area (Å²) in [4.78, 5) is 13.6. The van der Waals surface area contributed by atoms with Crippen molar-refractivity contribution in [3.8, 4) is 0 Å². The van der Waals surface area contributed by atoms with Gasteiger partial charge in [-0.25, -0.2) is 0 Å². The van der Waals surface area contributed by atoms with Crippen molar-refractivity contribution in [1.29, 1.82) is 0 Å². The van der Waals surface area contributed by atoms with E-state index in [2.05, 4.69) is 18.7 Å². The molecule has 1 heterocycles. The normalized spacial score (nSPS) is 25.2. The Bertz CT molecular complexity index is 265. The number of hydrogen-bond donors (Lipinski definition) is 1. The number of nitrogens with zero attached hydrogens (tertiary/aromatic N) is 1. The van der Waals surface area contributed by atoms with E-state index in [1.54, 1.807) is 0 Å². The minimum absolute atomic E-state index is 0.358. The average Bonchev–Trinajstić information content (AvgIpc) is 2.04. The second-order valence-corrected chi connectivity index (χ2v) is 5.95. The van der Waals surface area contributed by atoms with Gasteiger partial charge in [-0.05, 0) is 37.6 Å². The highest BCUT2D eigenvalue weighted by Gasteiger charge is 2.44. The van der Waals surface area contributed by atoms with E-state index in [0.717, 1.165) is 44.1 Å². The van der Waals surface area contributed by atoms with Gasteiger partial charge in [0.1, 0.15) is 0 Å². The largest absolute Gasteiger partial charge is 0.481 e. The minimum atomic E-state index is -0.570. The van der Waals surface area contributed by atoms with Gasteiger partial charge in [0.15, 0.2) is 0 Å². The Morgan fingerprint density at radius 2 is 2.06 bits per heavy atom. The van der Waals surface area contributed by atoms with E-state index in [4.69, 9.17) is 0 Å². The second kappa shape index (κ2) is 4.36. The van der Waals surface area contributed by atoms with E-state index >= 15 is 0 Å². The Kier molecular flexibility index (Phi) is 3.24. The van der Waals surface area contributed by atoms with Gasteiger partial charge in [0.25, 0.3) is 0 Å². The number of aliphatic carboxylic acids is 1.